The molecular weight excluding hydrogens is 364 g/mol. The number of benzene rings is 1. The molecule has 1 aliphatic heterocycles. The summed E-state index contributed by atoms with van der Waals surface area (Å²) in [4.78, 5) is 23.9. The van der Waals surface area contributed by atoms with E-state index in [0.717, 1.165) is 5.56 Å². The van der Waals surface area contributed by atoms with Crippen LogP contribution in [0.15, 0.2) is 30.3 Å². The van der Waals surface area contributed by atoms with Gasteiger partial charge in [-0.3, -0.25) is 9.59 Å². The Hall–Kier alpha value is -2.00. The number of rotatable bonds is 8. The third-order valence-corrected chi connectivity index (χ3v) is 4.68. The maximum Gasteiger partial charge on any atom is 0.249 e. The van der Waals surface area contributed by atoms with Crippen molar-refractivity contribution >= 4 is 11.8 Å². The van der Waals surface area contributed by atoms with Gasteiger partial charge in [0.25, 0.3) is 0 Å². The lowest BCUT2D eigenvalue weighted by atomic mass is 9.97. The molecule has 0 aliphatic carbocycles. The van der Waals surface area contributed by atoms with Crippen molar-refractivity contribution in [3.8, 4) is 0 Å². The van der Waals surface area contributed by atoms with Crippen molar-refractivity contribution in [1.29, 1.82) is 0 Å². The van der Waals surface area contributed by atoms with Gasteiger partial charge >= 0.3 is 0 Å². The first-order valence-corrected chi connectivity index (χ1v) is 9.49. The average Bonchev–Trinajstić information content (AvgIpc) is 2.65. The molecule has 0 bridgehead atoms. The molecule has 0 unspecified atom stereocenters. The molecule has 4 N–H and O–H groups in total. The van der Waals surface area contributed by atoms with E-state index in [9.17, 15) is 19.8 Å². The molecule has 1 aromatic rings. The van der Waals surface area contributed by atoms with Crippen LogP contribution in [-0.2, 0) is 25.5 Å². The van der Waals surface area contributed by atoms with Gasteiger partial charge in [-0.1, -0.05) is 30.3 Å². The third kappa shape index (κ3) is 6.27. The number of amides is 2. The summed E-state index contributed by atoms with van der Waals surface area (Å²) >= 11 is 0. The quantitative estimate of drug-likeness (QED) is 0.484. The van der Waals surface area contributed by atoms with Gasteiger partial charge in [-0.15, -0.1) is 0 Å². The molecular formula is C20H30N2O6. The monoisotopic (exact) mass is 394 g/mol. The summed E-state index contributed by atoms with van der Waals surface area (Å²) in [5.74, 6) is -0.616. The van der Waals surface area contributed by atoms with E-state index in [0.29, 0.717) is 6.42 Å². The van der Waals surface area contributed by atoms with Crippen molar-refractivity contribution in [3.63, 3.8) is 0 Å². The van der Waals surface area contributed by atoms with Crippen LogP contribution in [0.1, 0.15) is 26.3 Å². The Morgan fingerprint density at radius 1 is 1.29 bits per heavy atom. The summed E-state index contributed by atoms with van der Waals surface area (Å²) in [5, 5.41) is 25.3. The lowest BCUT2D eigenvalue weighted by molar-refractivity contribution is -0.193. The summed E-state index contributed by atoms with van der Waals surface area (Å²) in [7, 11) is 0. The molecule has 0 spiro atoms. The van der Waals surface area contributed by atoms with Gasteiger partial charge in [-0.2, -0.15) is 0 Å². The number of carbonyl (C=O) groups is 2. The van der Waals surface area contributed by atoms with Crippen LogP contribution in [0.3, 0.4) is 0 Å². The Labute approximate surface area is 165 Å². The highest BCUT2D eigenvalue weighted by Crippen LogP contribution is 2.20. The fraction of sp³-hybridized carbons (Fsp3) is 0.600. The molecule has 0 saturated carbocycles. The van der Waals surface area contributed by atoms with Gasteiger partial charge in [0.15, 0.2) is 0 Å². The van der Waals surface area contributed by atoms with E-state index < -0.39 is 30.5 Å². The molecule has 156 valence electrons. The van der Waals surface area contributed by atoms with E-state index in [2.05, 4.69) is 10.6 Å². The van der Waals surface area contributed by atoms with Crippen LogP contribution in [0, 0.1) is 0 Å². The van der Waals surface area contributed by atoms with E-state index in [1.165, 1.54) is 6.92 Å². The first kappa shape index (κ1) is 22.3. The standard InChI is InChI=1S/C20H30N2O6/c1-12(9-15-7-5-4-6-8-15)21-20(26)13(2)28-19-16(22-14(3)24)11-27-17(10-23)18(19)25/h4-8,12-13,16-19,23,25H,9-11H2,1-3H3,(H,21,26)(H,22,24)/t12-,13+,16-,17+,18+,19+/m0/s1. The first-order chi connectivity index (χ1) is 13.3. The number of aliphatic hydroxyl groups excluding tert-OH is 2. The van der Waals surface area contributed by atoms with E-state index in [-0.39, 0.29) is 31.1 Å². The van der Waals surface area contributed by atoms with Gasteiger partial charge in [0, 0.05) is 13.0 Å². The van der Waals surface area contributed by atoms with Gasteiger partial charge in [-0.25, -0.2) is 0 Å². The molecule has 1 saturated heterocycles. The van der Waals surface area contributed by atoms with Crippen molar-refractivity contribution in [1.82, 2.24) is 10.6 Å². The van der Waals surface area contributed by atoms with Gasteiger partial charge in [-0.05, 0) is 25.8 Å². The molecule has 1 aliphatic rings. The normalized spacial score (nSPS) is 26.9. The molecule has 8 heteroatoms. The Bertz CT molecular complexity index is 641. The van der Waals surface area contributed by atoms with Gasteiger partial charge in [0.05, 0.1) is 19.3 Å². The largest absolute Gasteiger partial charge is 0.394 e. The molecule has 8 nitrogen and oxygen atoms in total. The Kier molecular flexibility index (Phi) is 8.37. The second kappa shape index (κ2) is 10.5. The predicted octanol–water partition coefficient (Wildman–Crippen LogP) is -0.236. The number of carbonyl (C=O) groups excluding carboxylic acids is 2. The Morgan fingerprint density at radius 2 is 1.96 bits per heavy atom. The van der Waals surface area contributed by atoms with Crippen LogP contribution in [-0.4, -0.2) is 71.7 Å². The lowest BCUT2D eigenvalue weighted by Gasteiger charge is -2.40. The molecule has 1 aromatic carbocycles. The number of ether oxygens (including phenoxy) is 2. The maximum atomic E-state index is 12.5. The molecule has 2 rings (SSSR count). The minimum Gasteiger partial charge on any atom is -0.394 e. The van der Waals surface area contributed by atoms with Crippen molar-refractivity contribution in [3.05, 3.63) is 35.9 Å². The third-order valence-electron chi connectivity index (χ3n) is 4.68. The van der Waals surface area contributed by atoms with E-state index in [4.69, 9.17) is 9.47 Å². The highest BCUT2D eigenvalue weighted by Gasteiger charge is 2.42. The molecule has 28 heavy (non-hydrogen) atoms. The molecule has 0 aromatic heterocycles. The summed E-state index contributed by atoms with van der Waals surface area (Å²) in [6, 6.07) is 9.10. The van der Waals surface area contributed by atoms with Crippen molar-refractivity contribution in [2.45, 2.75) is 63.7 Å². The number of aliphatic hydroxyl groups is 2. The van der Waals surface area contributed by atoms with E-state index in [1.54, 1.807) is 6.92 Å². The first-order valence-electron chi connectivity index (χ1n) is 9.49. The predicted molar refractivity (Wildman–Crippen MR) is 103 cm³/mol. The fourth-order valence-electron chi connectivity index (χ4n) is 3.27. The van der Waals surface area contributed by atoms with Crippen molar-refractivity contribution in [2.24, 2.45) is 0 Å². The zero-order valence-corrected chi connectivity index (χ0v) is 16.5. The highest BCUT2D eigenvalue weighted by molar-refractivity contribution is 5.80. The topological polar surface area (TPSA) is 117 Å². The minimum absolute atomic E-state index is 0.0747. The average molecular weight is 394 g/mol. The molecule has 0 radical (unpaired) electrons. The zero-order chi connectivity index (χ0) is 20.7. The number of hydrogen-bond donors (Lipinski definition) is 4. The highest BCUT2D eigenvalue weighted by atomic mass is 16.6. The Balaban J connectivity index is 1.95. The van der Waals surface area contributed by atoms with Gasteiger partial charge in [0.2, 0.25) is 11.8 Å². The summed E-state index contributed by atoms with van der Waals surface area (Å²) < 4.78 is 11.2. The van der Waals surface area contributed by atoms with Crippen LogP contribution >= 0.6 is 0 Å². The van der Waals surface area contributed by atoms with Crippen LogP contribution in [0.5, 0.6) is 0 Å². The summed E-state index contributed by atoms with van der Waals surface area (Å²) in [6.07, 6.45) is -3.05. The Morgan fingerprint density at radius 3 is 2.57 bits per heavy atom. The zero-order valence-electron chi connectivity index (χ0n) is 16.5. The second-order valence-electron chi connectivity index (χ2n) is 7.19. The van der Waals surface area contributed by atoms with Crippen molar-refractivity contribution in [2.75, 3.05) is 13.2 Å². The molecule has 2 amide bonds. The number of hydrogen-bond acceptors (Lipinski definition) is 6. The fourth-order valence-corrected chi connectivity index (χ4v) is 3.27. The molecule has 1 fully saturated rings. The van der Waals surface area contributed by atoms with Crippen LogP contribution in [0.2, 0.25) is 0 Å². The van der Waals surface area contributed by atoms with Crippen LogP contribution in [0.4, 0.5) is 0 Å². The smallest absolute Gasteiger partial charge is 0.249 e. The second-order valence-corrected chi connectivity index (χ2v) is 7.19. The van der Waals surface area contributed by atoms with Gasteiger partial charge < -0.3 is 30.3 Å². The summed E-state index contributed by atoms with van der Waals surface area (Å²) in [5.41, 5.74) is 1.11. The summed E-state index contributed by atoms with van der Waals surface area (Å²) in [6.45, 7) is 4.53. The minimum atomic E-state index is -1.17. The van der Waals surface area contributed by atoms with E-state index in [1.807, 2.05) is 37.3 Å². The van der Waals surface area contributed by atoms with Crippen LogP contribution < -0.4 is 10.6 Å². The van der Waals surface area contributed by atoms with Crippen molar-refractivity contribution < 1.29 is 29.3 Å². The van der Waals surface area contributed by atoms with E-state index >= 15 is 0 Å². The van der Waals surface area contributed by atoms with Crippen LogP contribution in [0.25, 0.3) is 0 Å². The van der Waals surface area contributed by atoms with Gasteiger partial charge in [0.1, 0.15) is 24.4 Å². The lowest BCUT2D eigenvalue weighted by Crippen LogP contribution is -2.62. The molecule has 1 heterocycles. The number of nitrogens with one attached hydrogen (secondary N) is 2. The molecule has 6 atom stereocenters. The SMILES string of the molecule is CC(=O)N[C@H]1CO[C@H](CO)[C@@H](O)[C@@H]1O[C@H](C)C(=O)N[C@@H](C)Cc1ccccc1. The maximum absolute atomic E-state index is 12.5.